The van der Waals surface area contributed by atoms with E-state index in [1.54, 1.807) is 0 Å². The maximum Gasteiger partial charge on any atom is 0.305 e. The van der Waals surface area contributed by atoms with Crippen LogP contribution in [0.4, 0.5) is 0 Å². The molecule has 3 N–H and O–H groups in total. The standard InChI is InChI=1S/C56H107NO5/c1-3-5-7-9-11-13-15-16-25-29-32-36-40-44-48-54(59)53(52-58)57-55(60)49-45-41-37-33-30-26-23-21-19-17-18-20-22-24-27-31-35-39-43-47-51-62-56(61)50-46-42-38-34-28-14-12-10-8-6-4-2/h10,12,17,19,53-54,58-59H,3-9,11,13-16,18,20-52H2,1-2H3,(H,57,60)/b12-10-,19-17-. The number of carbonyl (C=O) groups is 2. The number of aliphatic hydroxyl groups is 2. The van der Waals surface area contributed by atoms with Crippen LogP contribution in [0.2, 0.25) is 0 Å². The van der Waals surface area contributed by atoms with Crippen molar-refractivity contribution in [1.82, 2.24) is 5.32 Å². The van der Waals surface area contributed by atoms with Gasteiger partial charge in [-0.3, -0.25) is 9.59 Å². The van der Waals surface area contributed by atoms with Crippen LogP contribution >= 0.6 is 0 Å². The largest absolute Gasteiger partial charge is 0.466 e. The summed E-state index contributed by atoms with van der Waals surface area (Å²) in [5.74, 6) is -0.0481. The van der Waals surface area contributed by atoms with Crippen LogP contribution in [0.5, 0.6) is 0 Å². The van der Waals surface area contributed by atoms with Crippen LogP contribution in [-0.4, -0.2) is 47.4 Å². The topological polar surface area (TPSA) is 95.9 Å². The van der Waals surface area contributed by atoms with Gasteiger partial charge in [-0.2, -0.15) is 0 Å². The predicted octanol–water partition coefficient (Wildman–Crippen LogP) is 16.7. The van der Waals surface area contributed by atoms with Crippen molar-refractivity contribution in [2.24, 2.45) is 0 Å². The Hall–Kier alpha value is -1.66. The molecule has 0 aliphatic carbocycles. The second-order valence-electron chi connectivity index (χ2n) is 18.9. The summed E-state index contributed by atoms with van der Waals surface area (Å²) in [6, 6.07) is -0.547. The summed E-state index contributed by atoms with van der Waals surface area (Å²) in [6.07, 6.45) is 61.6. The molecule has 0 aliphatic rings. The lowest BCUT2D eigenvalue weighted by Crippen LogP contribution is -2.45. The van der Waals surface area contributed by atoms with Gasteiger partial charge in [0.15, 0.2) is 0 Å². The number of nitrogens with one attached hydrogen (secondary N) is 1. The van der Waals surface area contributed by atoms with Gasteiger partial charge in [0.25, 0.3) is 0 Å². The van der Waals surface area contributed by atoms with Crippen molar-refractivity contribution in [3.8, 4) is 0 Å². The average molecular weight is 874 g/mol. The average Bonchev–Trinajstić information content (AvgIpc) is 3.27. The second kappa shape index (κ2) is 52.0. The second-order valence-corrected chi connectivity index (χ2v) is 18.9. The van der Waals surface area contributed by atoms with E-state index in [2.05, 4.69) is 43.5 Å². The molecule has 62 heavy (non-hydrogen) atoms. The number of unbranched alkanes of at least 4 members (excludes halogenated alkanes) is 36. The molecule has 0 saturated carbocycles. The van der Waals surface area contributed by atoms with Gasteiger partial charge in [0, 0.05) is 12.8 Å². The van der Waals surface area contributed by atoms with E-state index in [-0.39, 0.29) is 18.5 Å². The van der Waals surface area contributed by atoms with Crippen molar-refractivity contribution in [2.75, 3.05) is 13.2 Å². The van der Waals surface area contributed by atoms with E-state index in [9.17, 15) is 19.8 Å². The Balaban J connectivity index is 3.44. The molecule has 0 heterocycles. The highest BCUT2D eigenvalue weighted by Gasteiger charge is 2.20. The van der Waals surface area contributed by atoms with E-state index in [1.807, 2.05) is 0 Å². The number of carbonyl (C=O) groups excluding carboxylic acids is 2. The summed E-state index contributed by atoms with van der Waals surface area (Å²) < 4.78 is 5.45. The molecule has 0 fully saturated rings. The zero-order chi connectivity index (χ0) is 45.1. The SMILES string of the molecule is CCCC/C=C\CCCCCCCC(=O)OCCCCCCCCCCC/C=C\CCCCCCCCCC(=O)NC(CO)C(O)CCCCCCCCCCCCCCCC. The monoisotopic (exact) mass is 874 g/mol. The van der Waals surface area contributed by atoms with E-state index in [0.29, 0.717) is 25.9 Å². The first-order valence-electron chi connectivity index (χ1n) is 27.6. The fourth-order valence-electron chi connectivity index (χ4n) is 8.44. The van der Waals surface area contributed by atoms with Gasteiger partial charge in [-0.25, -0.2) is 0 Å². The van der Waals surface area contributed by atoms with Gasteiger partial charge in [-0.15, -0.1) is 0 Å². The molecular formula is C56H107NO5. The van der Waals surface area contributed by atoms with Crippen LogP contribution < -0.4 is 5.32 Å². The number of hydrogen-bond acceptors (Lipinski definition) is 5. The summed E-state index contributed by atoms with van der Waals surface area (Å²) in [4.78, 5) is 24.4. The molecule has 0 aromatic rings. The summed E-state index contributed by atoms with van der Waals surface area (Å²) in [7, 11) is 0. The highest BCUT2D eigenvalue weighted by molar-refractivity contribution is 5.76. The first-order valence-corrected chi connectivity index (χ1v) is 27.6. The maximum absolute atomic E-state index is 12.5. The third kappa shape index (κ3) is 47.8. The fourth-order valence-corrected chi connectivity index (χ4v) is 8.44. The Morgan fingerprint density at radius 1 is 0.435 bits per heavy atom. The van der Waals surface area contributed by atoms with E-state index >= 15 is 0 Å². The van der Waals surface area contributed by atoms with Gasteiger partial charge in [0.1, 0.15) is 0 Å². The third-order valence-electron chi connectivity index (χ3n) is 12.7. The highest BCUT2D eigenvalue weighted by atomic mass is 16.5. The lowest BCUT2D eigenvalue weighted by molar-refractivity contribution is -0.143. The zero-order valence-corrected chi connectivity index (χ0v) is 41.6. The zero-order valence-electron chi connectivity index (χ0n) is 41.6. The third-order valence-corrected chi connectivity index (χ3v) is 12.7. The molecule has 2 atom stereocenters. The molecule has 0 spiro atoms. The smallest absolute Gasteiger partial charge is 0.305 e. The van der Waals surface area contributed by atoms with Crippen molar-refractivity contribution >= 4 is 11.9 Å². The molecule has 1 amide bonds. The number of rotatable bonds is 51. The number of esters is 1. The number of allylic oxidation sites excluding steroid dienone is 4. The number of amides is 1. The van der Waals surface area contributed by atoms with Gasteiger partial charge in [0.2, 0.25) is 5.91 Å². The molecule has 0 saturated heterocycles. The highest BCUT2D eigenvalue weighted by Crippen LogP contribution is 2.16. The van der Waals surface area contributed by atoms with Crippen LogP contribution in [0.3, 0.4) is 0 Å². The summed E-state index contributed by atoms with van der Waals surface area (Å²) in [5.41, 5.74) is 0. The number of aliphatic hydroxyl groups excluding tert-OH is 2. The molecule has 0 aliphatic heterocycles. The minimum absolute atomic E-state index is 0.00497. The first kappa shape index (κ1) is 60.3. The van der Waals surface area contributed by atoms with E-state index < -0.39 is 12.1 Å². The molecule has 0 rings (SSSR count). The van der Waals surface area contributed by atoms with E-state index in [1.165, 1.54) is 218 Å². The van der Waals surface area contributed by atoms with Crippen molar-refractivity contribution in [3.05, 3.63) is 24.3 Å². The molecule has 2 unspecified atom stereocenters. The minimum atomic E-state index is -0.669. The van der Waals surface area contributed by atoms with E-state index in [4.69, 9.17) is 4.74 Å². The summed E-state index contributed by atoms with van der Waals surface area (Å²) in [5, 5.41) is 23.2. The maximum atomic E-state index is 12.5. The molecular weight excluding hydrogens is 767 g/mol. The Kier molecular flexibility index (Phi) is 50.6. The van der Waals surface area contributed by atoms with Crippen LogP contribution in [0.15, 0.2) is 24.3 Å². The summed E-state index contributed by atoms with van der Waals surface area (Å²) >= 11 is 0. The molecule has 0 aromatic carbocycles. The van der Waals surface area contributed by atoms with Gasteiger partial charge in [-0.05, 0) is 70.6 Å². The quantitative estimate of drug-likeness (QED) is 0.0321. The van der Waals surface area contributed by atoms with Crippen molar-refractivity contribution in [3.63, 3.8) is 0 Å². The molecule has 366 valence electrons. The molecule has 0 aromatic heterocycles. The van der Waals surface area contributed by atoms with Crippen molar-refractivity contribution in [2.45, 2.75) is 309 Å². The predicted molar refractivity (Wildman–Crippen MR) is 269 cm³/mol. The molecule has 0 radical (unpaired) electrons. The van der Waals surface area contributed by atoms with E-state index in [0.717, 1.165) is 44.9 Å². The van der Waals surface area contributed by atoms with Gasteiger partial charge in [-0.1, -0.05) is 237 Å². The Labute approximate surface area is 386 Å². The molecule has 0 bridgehead atoms. The van der Waals surface area contributed by atoms with Gasteiger partial charge < -0.3 is 20.3 Å². The molecule has 6 heteroatoms. The Bertz CT molecular complexity index is 966. The minimum Gasteiger partial charge on any atom is -0.466 e. The van der Waals surface area contributed by atoms with Crippen LogP contribution in [0, 0.1) is 0 Å². The lowest BCUT2D eigenvalue weighted by Gasteiger charge is -2.22. The normalized spacial score (nSPS) is 12.8. The Morgan fingerprint density at radius 3 is 1.19 bits per heavy atom. The van der Waals surface area contributed by atoms with Crippen molar-refractivity contribution < 1.29 is 24.5 Å². The first-order chi connectivity index (χ1) is 30.5. The fraction of sp³-hybridized carbons (Fsp3) is 0.893. The van der Waals surface area contributed by atoms with Crippen LogP contribution in [-0.2, 0) is 14.3 Å². The van der Waals surface area contributed by atoms with Gasteiger partial charge in [0.05, 0.1) is 25.4 Å². The van der Waals surface area contributed by atoms with Crippen LogP contribution in [0.25, 0.3) is 0 Å². The van der Waals surface area contributed by atoms with Crippen molar-refractivity contribution in [1.29, 1.82) is 0 Å². The molecule has 6 nitrogen and oxygen atoms in total. The number of ether oxygens (including phenoxy) is 1. The van der Waals surface area contributed by atoms with Crippen LogP contribution in [0.1, 0.15) is 296 Å². The summed E-state index contributed by atoms with van der Waals surface area (Å²) in [6.45, 7) is 4.91. The Morgan fingerprint density at radius 2 is 0.774 bits per heavy atom. The lowest BCUT2D eigenvalue weighted by atomic mass is 10.0. The van der Waals surface area contributed by atoms with Gasteiger partial charge >= 0.3 is 5.97 Å². The number of hydrogen-bond donors (Lipinski definition) is 3.